The van der Waals surface area contributed by atoms with Crippen LogP contribution in [-0.4, -0.2) is 75.0 Å². The van der Waals surface area contributed by atoms with Crippen molar-refractivity contribution in [2.24, 2.45) is 0 Å². The topological polar surface area (TPSA) is 79.2 Å². The number of carbonyl (C=O) groups is 1. The number of likely N-dealkylation sites (N-methyl/N-ethyl adjacent to an activating group) is 1. The van der Waals surface area contributed by atoms with Crippen molar-refractivity contribution in [3.8, 4) is 17.1 Å². The summed E-state index contributed by atoms with van der Waals surface area (Å²) < 4.78 is 1.99. The molecule has 1 fully saturated rings. The molecule has 0 spiro atoms. The Morgan fingerprint density at radius 3 is 2.58 bits per heavy atom. The van der Waals surface area contributed by atoms with Gasteiger partial charge >= 0.3 is 0 Å². The number of nitrogens with one attached hydrogen (secondary N) is 1. The summed E-state index contributed by atoms with van der Waals surface area (Å²) >= 11 is 1.63. The normalized spacial score (nSPS) is 14.7. The zero-order valence-corrected chi connectivity index (χ0v) is 19.7. The molecule has 33 heavy (non-hydrogen) atoms. The molecule has 1 aromatic carbocycles. The summed E-state index contributed by atoms with van der Waals surface area (Å²) in [7, 11) is 2.08. The molecule has 9 heteroatoms. The van der Waals surface area contributed by atoms with E-state index < -0.39 is 0 Å². The Labute approximate surface area is 196 Å². The van der Waals surface area contributed by atoms with Crippen molar-refractivity contribution in [3.05, 3.63) is 53.0 Å². The Balaban J connectivity index is 1.48. The highest BCUT2D eigenvalue weighted by Gasteiger charge is 2.21. The van der Waals surface area contributed by atoms with Gasteiger partial charge in [-0.15, -0.1) is 0 Å². The van der Waals surface area contributed by atoms with Gasteiger partial charge in [0, 0.05) is 49.2 Å². The fourth-order valence-corrected chi connectivity index (χ4v) is 4.56. The standard InChI is InChI=1S/C24H27N7OS/c1-3-9-25-22-20-23(31(16-26-20)19-8-14-33-15-19)28-21(27-22)17-4-6-18(7-5-17)24(32)30-12-10-29(2)11-13-30/h4-8,14-16H,3,9-13H2,1-2H3,(H,25,27,28). The number of hydrogen-bond donors (Lipinski definition) is 1. The minimum atomic E-state index is 0.0758. The van der Waals surface area contributed by atoms with Crippen LogP contribution >= 0.6 is 11.3 Å². The summed E-state index contributed by atoms with van der Waals surface area (Å²) in [6, 6.07) is 9.65. The highest BCUT2D eigenvalue weighted by Crippen LogP contribution is 2.27. The zero-order valence-electron chi connectivity index (χ0n) is 18.9. The number of aromatic nitrogens is 4. The van der Waals surface area contributed by atoms with Crippen LogP contribution in [-0.2, 0) is 0 Å². The average Bonchev–Trinajstić information content (AvgIpc) is 3.52. The second-order valence-electron chi connectivity index (χ2n) is 8.26. The minimum Gasteiger partial charge on any atom is -0.368 e. The molecule has 1 N–H and O–H groups in total. The van der Waals surface area contributed by atoms with Gasteiger partial charge < -0.3 is 15.1 Å². The summed E-state index contributed by atoms with van der Waals surface area (Å²) in [5, 5.41) is 7.50. The fourth-order valence-electron chi connectivity index (χ4n) is 3.93. The van der Waals surface area contributed by atoms with Gasteiger partial charge in [0.05, 0.1) is 5.69 Å². The Bertz CT molecular complexity index is 1240. The lowest BCUT2D eigenvalue weighted by molar-refractivity contribution is 0.0664. The highest BCUT2D eigenvalue weighted by molar-refractivity contribution is 7.08. The van der Waals surface area contributed by atoms with Crippen molar-refractivity contribution >= 4 is 34.2 Å². The largest absolute Gasteiger partial charge is 0.368 e. The monoisotopic (exact) mass is 461 g/mol. The van der Waals surface area contributed by atoms with E-state index in [0.29, 0.717) is 11.4 Å². The molecule has 1 amide bonds. The number of benzene rings is 1. The zero-order chi connectivity index (χ0) is 22.8. The van der Waals surface area contributed by atoms with Gasteiger partial charge in [0.2, 0.25) is 0 Å². The molecule has 8 nitrogen and oxygen atoms in total. The fraction of sp³-hybridized carbons (Fsp3) is 0.333. The maximum absolute atomic E-state index is 12.9. The molecule has 0 aliphatic carbocycles. The van der Waals surface area contributed by atoms with Gasteiger partial charge in [-0.2, -0.15) is 11.3 Å². The predicted octanol–water partition coefficient (Wildman–Crippen LogP) is 3.75. The summed E-state index contributed by atoms with van der Waals surface area (Å²) in [6.45, 7) is 6.25. The number of nitrogens with zero attached hydrogens (tertiary/aromatic N) is 6. The molecule has 4 heterocycles. The number of rotatable bonds is 6. The van der Waals surface area contributed by atoms with Crippen LogP contribution in [0.1, 0.15) is 23.7 Å². The van der Waals surface area contributed by atoms with Crippen LogP contribution in [0.2, 0.25) is 0 Å². The van der Waals surface area contributed by atoms with Crippen LogP contribution in [0.25, 0.3) is 28.2 Å². The van der Waals surface area contributed by atoms with Gasteiger partial charge in [0.1, 0.15) is 6.33 Å². The summed E-state index contributed by atoms with van der Waals surface area (Å²) in [5.41, 5.74) is 4.10. The SMILES string of the molecule is CCCNc1nc(-c2ccc(C(=O)N3CCN(C)CC3)cc2)nc2c1ncn2-c1ccsc1. The molecule has 0 unspecified atom stereocenters. The maximum Gasteiger partial charge on any atom is 0.253 e. The van der Waals surface area contributed by atoms with E-state index in [9.17, 15) is 4.79 Å². The molecule has 0 radical (unpaired) electrons. The number of thiophene rings is 1. The van der Waals surface area contributed by atoms with E-state index in [1.807, 2.05) is 45.2 Å². The van der Waals surface area contributed by atoms with Crippen molar-refractivity contribution in [1.82, 2.24) is 29.3 Å². The third-order valence-electron chi connectivity index (χ3n) is 5.90. The van der Waals surface area contributed by atoms with E-state index in [1.165, 1.54) is 0 Å². The molecule has 4 aromatic rings. The highest BCUT2D eigenvalue weighted by atomic mass is 32.1. The van der Waals surface area contributed by atoms with Gasteiger partial charge in [0.25, 0.3) is 5.91 Å². The third-order valence-corrected chi connectivity index (χ3v) is 6.57. The van der Waals surface area contributed by atoms with Crippen molar-refractivity contribution in [3.63, 3.8) is 0 Å². The van der Waals surface area contributed by atoms with Gasteiger partial charge in [-0.25, -0.2) is 15.0 Å². The van der Waals surface area contributed by atoms with Gasteiger partial charge in [-0.3, -0.25) is 9.36 Å². The predicted molar refractivity (Wildman–Crippen MR) is 132 cm³/mol. The van der Waals surface area contributed by atoms with Crippen molar-refractivity contribution in [2.45, 2.75) is 13.3 Å². The van der Waals surface area contributed by atoms with Crippen LogP contribution in [0.3, 0.4) is 0 Å². The summed E-state index contributed by atoms with van der Waals surface area (Å²) in [4.78, 5) is 31.3. The number of amides is 1. The summed E-state index contributed by atoms with van der Waals surface area (Å²) in [5.74, 6) is 1.41. The Kier molecular flexibility index (Phi) is 6.06. The van der Waals surface area contributed by atoms with Gasteiger partial charge in [-0.1, -0.05) is 19.1 Å². The van der Waals surface area contributed by atoms with Crippen LogP contribution in [0.5, 0.6) is 0 Å². The molecule has 1 saturated heterocycles. The molecular formula is C24H27N7OS. The first kappa shape index (κ1) is 21.5. The maximum atomic E-state index is 12.9. The molecule has 0 saturated carbocycles. The van der Waals surface area contributed by atoms with Crippen molar-refractivity contribution in [1.29, 1.82) is 0 Å². The van der Waals surface area contributed by atoms with Crippen LogP contribution < -0.4 is 5.32 Å². The molecule has 0 atom stereocenters. The number of carbonyl (C=O) groups excluding carboxylic acids is 1. The molecule has 3 aromatic heterocycles. The smallest absolute Gasteiger partial charge is 0.253 e. The van der Waals surface area contributed by atoms with E-state index in [0.717, 1.165) is 67.4 Å². The van der Waals surface area contributed by atoms with E-state index in [-0.39, 0.29) is 5.91 Å². The number of hydrogen-bond acceptors (Lipinski definition) is 7. The van der Waals surface area contributed by atoms with Crippen molar-refractivity contribution < 1.29 is 4.79 Å². The molecule has 1 aliphatic rings. The lowest BCUT2D eigenvalue weighted by Gasteiger charge is -2.32. The lowest BCUT2D eigenvalue weighted by atomic mass is 10.1. The molecule has 1 aliphatic heterocycles. The summed E-state index contributed by atoms with van der Waals surface area (Å²) in [6.07, 6.45) is 2.77. The number of imidazole rings is 1. The number of piperazine rings is 1. The molecule has 5 rings (SSSR count). The second kappa shape index (κ2) is 9.29. The number of fused-ring (bicyclic) bond motifs is 1. The third kappa shape index (κ3) is 4.34. The van der Waals surface area contributed by atoms with Crippen LogP contribution in [0, 0.1) is 0 Å². The minimum absolute atomic E-state index is 0.0758. The van der Waals surface area contributed by atoms with E-state index >= 15 is 0 Å². The van der Waals surface area contributed by atoms with Crippen LogP contribution in [0.4, 0.5) is 5.82 Å². The van der Waals surface area contributed by atoms with Crippen molar-refractivity contribution in [2.75, 3.05) is 45.1 Å². The van der Waals surface area contributed by atoms with E-state index in [4.69, 9.17) is 9.97 Å². The first-order chi connectivity index (χ1) is 16.1. The van der Waals surface area contributed by atoms with Gasteiger partial charge in [0.15, 0.2) is 22.8 Å². The average molecular weight is 462 g/mol. The van der Waals surface area contributed by atoms with Gasteiger partial charge in [-0.05, 0) is 37.0 Å². The second-order valence-corrected chi connectivity index (χ2v) is 9.04. The molecule has 170 valence electrons. The molecular weight excluding hydrogens is 434 g/mol. The number of anilines is 1. The first-order valence-corrected chi connectivity index (χ1v) is 12.2. The Hall–Kier alpha value is -3.30. The molecule has 0 bridgehead atoms. The first-order valence-electron chi connectivity index (χ1n) is 11.2. The Morgan fingerprint density at radius 1 is 1.09 bits per heavy atom. The quantitative estimate of drug-likeness (QED) is 0.471. The van der Waals surface area contributed by atoms with E-state index in [1.54, 1.807) is 17.7 Å². The Morgan fingerprint density at radius 2 is 1.88 bits per heavy atom. The van der Waals surface area contributed by atoms with Crippen LogP contribution in [0.15, 0.2) is 47.4 Å². The lowest BCUT2D eigenvalue weighted by Crippen LogP contribution is -2.47. The van der Waals surface area contributed by atoms with E-state index in [2.05, 4.69) is 34.6 Å².